The Balaban J connectivity index is 1.58. The van der Waals surface area contributed by atoms with E-state index in [0.29, 0.717) is 5.69 Å². The fourth-order valence-electron chi connectivity index (χ4n) is 6.22. The highest BCUT2D eigenvalue weighted by molar-refractivity contribution is 9.10. The SMILES string of the molecule is Cc1ccc(S(=O)(=O)N(CC(=O)N(Cc2ccc(Br)cc2)[C@@H](Cc2ccccc2)C(=O)NC2CCCCC2)c2cc(C)ccc2C)cc1. The zero-order valence-corrected chi connectivity index (χ0v) is 30.3. The first-order valence-corrected chi connectivity index (χ1v) is 18.8. The number of hydrogen-bond acceptors (Lipinski definition) is 4. The number of anilines is 1. The number of rotatable bonds is 12. The smallest absolute Gasteiger partial charge is 0.264 e. The molecule has 4 aromatic carbocycles. The summed E-state index contributed by atoms with van der Waals surface area (Å²) in [6.07, 6.45) is 5.35. The van der Waals surface area contributed by atoms with E-state index in [4.69, 9.17) is 0 Å². The van der Waals surface area contributed by atoms with Gasteiger partial charge in [0.15, 0.2) is 0 Å². The van der Waals surface area contributed by atoms with E-state index in [1.807, 2.05) is 87.5 Å². The van der Waals surface area contributed by atoms with Crippen molar-refractivity contribution < 1.29 is 18.0 Å². The predicted molar refractivity (Wildman–Crippen MR) is 195 cm³/mol. The molecule has 0 bridgehead atoms. The second-order valence-corrected chi connectivity index (χ2v) is 15.6. The van der Waals surface area contributed by atoms with E-state index in [-0.39, 0.29) is 29.8 Å². The third-order valence-corrected chi connectivity index (χ3v) is 11.3. The molecule has 1 aliphatic carbocycles. The Morgan fingerprint density at radius 1 is 0.812 bits per heavy atom. The first-order chi connectivity index (χ1) is 23.0. The molecule has 0 radical (unpaired) electrons. The highest BCUT2D eigenvalue weighted by Crippen LogP contribution is 2.29. The molecule has 7 nitrogen and oxygen atoms in total. The van der Waals surface area contributed by atoms with Crippen molar-refractivity contribution in [3.8, 4) is 0 Å². The van der Waals surface area contributed by atoms with Crippen molar-refractivity contribution in [2.45, 2.75) is 82.8 Å². The molecule has 0 saturated heterocycles. The Hall–Kier alpha value is -3.95. The minimum absolute atomic E-state index is 0.0440. The summed E-state index contributed by atoms with van der Waals surface area (Å²) in [4.78, 5) is 30.7. The second-order valence-electron chi connectivity index (χ2n) is 12.8. The molecule has 0 spiro atoms. The number of hydrogen-bond donors (Lipinski definition) is 1. The number of sulfonamides is 1. The van der Waals surface area contributed by atoms with Crippen LogP contribution in [0.25, 0.3) is 0 Å². The highest BCUT2D eigenvalue weighted by atomic mass is 79.9. The van der Waals surface area contributed by atoms with Gasteiger partial charge in [-0.1, -0.05) is 107 Å². The summed E-state index contributed by atoms with van der Waals surface area (Å²) in [6.45, 7) is 5.29. The van der Waals surface area contributed by atoms with E-state index in [1.165, 1.54) is 4.31 Å². The Morgan fingerprint density at radius 3 is 2.12 bits per heavy atom. The molecule has 1 saturated carbocycles. The molecule has 5 rings (SSSR count). The third kappa shape index (κ3) is 8.94. The summed E-state index contributed by atoms with van der Waals surface area (Å²) in [5.74, 6) is -0.690. The van der Waals surface area contributed by atoms with Gasteiger partial charge >= 0.3 is 0 Å². The van der Waals surface area contributed by atoms with Crippen LogP contribution in [0, 0.1) is 20.8 Å². The highest BCUT2D eigenvalue weighted by Gasteiger charge is 2.36. The van der Waals surface area contributed by atoms with Crippen molar-refractivity contribution in [1.29, 1.82) is 0 Å². The van der Waals surface area contributed by atoms with Gasteiger partial charge in [0.25, 0.3) is 10.0 Å². The maximum atomic E-state index is 14.8. The Morgan fingerprint density at radius 2 is 1.46 bits per heavy atom. The first kappa shape index (κ1) is 35.4. The van der Waals surface area contributed by atoms with Gasteiger partial charge < -0.3 is 10.2 Å². The van der Waals surface area contributed by atoms with Gasteiger partial charge in [-0.3, -0.25) is 13.9 Å². The van der Waals surface area contributed by atoms with Crippen LogP contribution in [0.1, 0.15) is 59.9 Å². The van der Waals surface area contributed by atoms with Crippen molar-refractivity contribution in [3.63, 3.8) is 0 Å². The van der Waals surface area contributed by atoms with Gasteiger partial charge in [-0.15, -0.1) is 0 Å². The lowest BCUT2D eigenvalue weighted by Crippen LogP contribution is -2.55. The van der Waals surface area contributed by atoms with Crippen molar-refractivity contribution in [2.24, 2.45) is 0 Å². The summed E-state index contributed by atoms with van der Waals surface area (Å²) < 4.78 is 30.9. The molecule has 2 amide bonds. The van der Waals surface area contributed by atoms with Crippen LogP contribution in [0.5, 0.6) is 0 Å². The number of nitrogens with one attached hydrogen (secondary N) is 1. The van der Waals surface area contributed by atoms with Crippen molar-refractivity contribution in [2.75, 3.05) is 10.8 Å². The van der Waals surface area contributed by atoms with Crippen molar-refractivity contribution in [3.05, 3.63) is 129 Å². The van der Waals surface area contributed by atoms with Crippen LogP contribution >= 0.6 is 15.9 Å². The van der Waals surface area contributed by atoms with Crippen LogP contribution in [0.3, 0.4) is 0 Å². The summed E-state index contributed by atoms with van der Waals surface area (Å²) >= 11 is 3.49. The average molecular weight is 731 g/mol. The Bertz CT molecular complexity index is 1810. The third-order valence-electron chi connectivity index (χ3n) is 9.01. The molecule has 1 aliphatic rings. The summed E-state index contributed by atoms with van der Waals surface area (Å²) in [7, 11) is -4.17. The van der Waals surface area contributed by atoms with E-state index < -0.39 is 28.5 Å². The Labute approximate surface area is 293 Å². The first-order valence-electron chi connectivity index (χ1n) is 16.6. The summed E-state index contributed by atoms with van der Waals surface area (Å²) in [5.41, 5.74) is 4.69. The predicted octanol–water partition coefficient (Wildman–Crippen LogP) is 7.66. The van der Waals surface area contributed by atoms with Gasteiger partial charge in [0, 0.05) is 23.5 Å². The van der Waals surface area contributed by atoms with Crippen molar-refractivity contribution in [1.82, 2.24) is 10.2 Å². The van der Waals surface area contributed by atoms with Crippen LogP contribution in [-0.4, -0.2) is 43.8 Å². The lowest BCUT2D eigenvalue weighted by Gasteiger charge is -2.35. The van der Waals surface area contributed by atoms with Gasteiger partial charge in [-0.05, 0) is 86.2 Å². The standard InChI is InChI=1S/C39H44BrN3O4S/c1-28-15-22-35(23-16-28)48(46,47)43(36-24-29(2)14-17-30(36)3)27-38(44)42(26-32-18-20-33(40)21-19-32)37(25-31-10-6-4-7-11-31)39(45)41-34-12-8-5-9-13-34/h4,6-7,10-11,14-24,34,37H,5,8-9,12-13,25-27H2,1-3H3,(H,41,45)/t37-/m0/s1. The van der Waals surface area contributed by atoms with E-state index >= 15 is 0 Å². The van der Waals surface area contributed by atoms with Gasteiger partial charge in [0.1, 0.15) is 12.6 Å². The summed E-state index contributed by atoms with van der Waals surface area (Å²) in [5, 5.41) is 3.26. The lowest BCUT2D eigenvalue weighted by atomic mass is 9.94. The average Bonchev–Trinajstić information content (AvgIpc) is 3.08. The number of carbonyl (C=O) groups excluding carboxylic acids is 2. The van der Waals surface area contributed by atoms with Crippen molar-refractivity contribution >= 4 is 43.5 Å². The van der Waals surface area contributed by atoms with Gasteiger partial charge in [-0.2, -0.15) is 0 Å². The van der Waals surface area contributed by atoms with Gasteiger partial charge in [0.2, 0.25) is 11.8 Å². The monoisotopic (exact) mass is 729 g/mol. The van der Waals surface area contributed by atoms with Crippen LogP contribution < -0.4 is 9.62 Å². The molecule has 0 unspecified atom stereocenters. The molecule has 1 fully saturated rings. The molecule has 4 aromatic rings. The van der Waals surface area contributed by atoms with Gasteiger partial charge in [0.05, 0.1) is 10.6 Å². The number of amides is 2. The minimum Gasteiger partial charge on any atom is -0.352 e. The molecule has 1 N–H and O–H groups in total. The zero-order valence-electron chi connectivity index (χ0n) is 27.9. The van der Waals surface area contributed by atoms with E-state index in [9.17, 15) is 18.0 Å². The minimum atomic E-state index is -4.17. The van der Waals surface area contributed by atoms with Crippen LogP contribution in [0.15, 0.2) is 106 Å². The van der Waals surface area contributed by atoms with Crippen LogP contribution in [0.2, 0.25) is 0 Å². The van der Waals surface area contributed by atoms with Gasteiger partial charge in [-0.25, -0.2) is 8.42 Å². The lowest BCUT2D eigenvalue weighted by molar-refractivity contribution is -0.140. The second kappa shape index (κ2) is 16.0. The zero-order chi connectivity index (χ0) is 34.3. The molecule has 48 heavy (non-hydrogen) atoms. The van der Waals surface area contributed by atoms with E-state index in [0.717, 1.165) is 64.4 Å². The fraction of sp³-hybridized carbons (Fsp3) is 0.333. The van der Waals surface area contributed by atoms with E-state index in [1.54, 1.807) is 35.2 Å². The molecule has 1 atom stereocenters. The van der Waals surface area contributed by atoms with Crippen LogP contribution in [0.4, 0.5) is 5.69 Å². The molecular formula is C39H44BrN3O4S. The number of carbonyl (C=O) groups is 2. The molecule has 0 heterocycles. The molecule has 0 aromatic heterocycles. The number of nitrogens with zero attached hydrogens (tertiary/aromatic N) is 2. The molecule has 0 aliphatic heterocycles. The maximum Gasteiger partial charge on any atom is 0.264 e. The number of aryl methyl sites for hydroxylation is 3. The topological polar surface area (TPSA) is 86.8 Å². The largest absolute Gasteiger partial charge is 0.352 e. The Kier molecular flexibility index (Phi) is 11.8. The normalized spacial score (nSPS) is 14.2. The fourth-order valence-corrected chi connectivity index (χ4v) is 7.96. The van der Waals surface area contributed by atoms with E-state index in [2.05, 4.69) is 21.2 Å². The number of benzene rings is 4. The molecule has 252 valence electrons. The number of halogens is 1. The summed E-state index contributed by atoms with van der Waals surface area (Å²) in [6, 6.07) is 28.7. The molecular weight excluding hydrogens is 686 g/mol. The quantitative estimate of drug-likeness (QED) is 0.162. The molecule has 9 heteroatoms. The maximum absolute atomic E-state index is 14.8. The van der Waals surface area contributed by atoms with Crippen LogP contribution in [-0.2, 0) is 32.6 Å².